The van der Waals surface area contributed by atoms with Gasteiger partial charge in [0.15, 0.2) is 5.82 Å². The lowest BCUT2D eigenvalue weighted by atomic mass is 10.1. The van der Waals surface area contributed by atoms with E-state index < -0.39 is 17.7 Å². The minimum atomic E-state index is -2.71. The predicted molar refractivity (Wildman–Crippen MR) is 121 cm³/mol. The Morgan fingerprint density at radius 2 is 1.76 bits per heavy atom. The third kappa shape index (κ3) is 5.49. The molecule has 0 bridgehead atoms. The van der Waals surface area contributed by atoms with Gasteiger partial charge >= 0.3 is 5.97 Å². The van der Waals surface area contributed by atoms with Gasteiger partial charge in [-0.25, -0.2) is 23.1 Å². The van der Waals surface area contributed by atoms with E-state index in [0.29, 0.717) is 37.8 Å². The van der Waals surface area contributed by atoms with Gasteiger partial charge in [0.1, 0.15) is 18.9 Å². The Morgan fingerprint density at radius 1 is 1.09 bits per heavy atom. The molecule has 0 aliphatic carbocycles. The third-order valence-corrected chi connectivity index (χ3v) is 5.84. The van der Waals surface area contributed by atoms with E-state index >= 15 is 4.39 Å². The second-order valence-electron chi connectivity index (χ2n) is 8.36. The van der Waals surface area contributed by atoms with Crippen molar-refractivity contribution in [2.75, 3.05) is 54.0 Å². The lowest BCUT2D eigenvalue weighted by Crippen LogP contribution is -2.47. The second-order valence-corrected chi connectivity index (χ2v) is 8.36. The monoisotopic (exact) mass is 477 g/mol. The number of hydrogen-bond donors (Lipinski definition) is 2. The number of anilines is 3. The van der Waals surface area contributed by atoms with Crippen LogP contribution in [0.25, 0.3) is 0 Å². The maximum atomic E-state index is 15.0. The summed E-state index contributed by atoms with van der Waals surface area (Å²) in [6.45, 7) is 1.91. The Bertz CT molecular complexity index is 1040. The molecule has 2 aliphatic rings. The summed E-state index contributed by atoms with van der Waals surface area (Å²) in [4.78, 5) is 25.6. The van der Waals surface area contributed by atoms with Crippen LogP contribution in [-0.2, 0) is 16.1 Å². The summed E-state index contributed by atoms with van der Waals surface area (Å²) >= 11 is 0. The number of hydrogen-bond acceptors (Lipinski definition) is 8. The van der Waals surface area contributed by atoms with Crippen LogP contribution >= 0.6 is 0 Å². The van der Waals surface area contributed by atoms with E-state index in [1.54, 1.807) is 30.6 Å². The van der Waals surface area contributed by atoms with Crippen molar-refractivity contribution in [3.63, 3.8) is 0 Å². The average Bonchev–Trinajstić information content (AvgIpc) is 3.18. The summed E-state index contributed by atoms with van der Waals surface area (Å²) in [7, 11) is 0. The van der Waals surface area contributed by atoms with Crippen LogP contribution in [0.1, 0.15) is 18.4 Å². The maximum absolute atomic E-state index is 15.0. The SMILES string of the molecule is N=C(N)CC(=O)OCc1cccc(N2CCN(c3cnc(N4CCC(F)(F)C4)nc3)CC2)c1F. The zero-order chi connectivity index (χ0) is 24.3. The third-order valence-electron chi connectivity index (χ3n) is 5.84. The normalized spacial score (nSPS) is 17.7. The van der Waals surface area contributed by atoms with Gasteiger partial charge in [-0.2, -0.15) is 0 Å². The molecule has 2 saturated heterocycles. The van der Waals surface area contributed by atoms with Crippen molar-refractivity contribution in [1.82, 2.24) is 9.97 Å². The highest BCUT2D eigenvalue weighted by Gasteiger charge is 2.39. The highest BCUT2D eigenvalue weighted by atomic mass is 19.3. The summed E-state index contributed by atoms with van der Waals surface area (Å²) in [5.41, 5.74) is 6.61. The highest BCUT2D eigenvalue weighted by Crippen LogP contribution is 2.30. The smallest absolute Gasteiger partial charge is 0.313 e. The number of ether oxygens (including phenoxy) is 1. The fraction of sp³-hybridized carbons (Fsp3) is 0.455. The molecule has 0 atom stereocenters. The summed E-state index contributed by atoms with van der Waals surface area (Å²) in [6.07, 6.45) is 2.73. The van der Waals surface area contributed by atoms with E-state index in [1.165, 1.54) is 4.90 Å². The molecule has 12 heteroatoms. The number of alkyl halides is 2. The van der Waals surface area contributed by atoms with Crippen LogP contribution in [0.5, 0.6) is 0 Å². The van der Waals surface area contributed by atoms with Crippen molar-refractivity contribution in [3.8, 4) is 0 Å². The quantitative estimate of drug-likeness (QED) is 0.355. The fourth-order valence-electron chi connectivity index (χ4n) is 4.04. The molecule has 3 N–H and O–H groups in total. The summed E-state index contributed by atoms with van der Waals surface area (Å²) < 4.78 is 46.9. The lowest BCUT2D eigenvalue weighted by molar-refractivity contribution is -0.143. The molecule has 2 fully saturated rings. The summed E-state index contributed by atoms with van der Waals surface area (Å²) in [6, 6.07) is 4.92. The second kappa shape index (κ2) is 9.74. The van der Waals surface area contributed by atoms with Crippen LogP contribution in [-0.4, -0.2) is 67.0 Å². The number of rotatable bonds is 7. The Morgan fingerprint density at radius 3 is 2.38 bits per heavy atom. The van der Waals surface area contributed by atoms with E-state index in [2.05, 4.69) is 14.9 Å². The number of nitrogens with one attached hydrogen (secondary N) is 1. The molecule has 1 aromatic heterocycles. The van der Waals surface area contributed by atoms with Crippen molar-refractivity contribution in [3.05, 3.63) is 42.0 Å². The molecule has 2 aromatic rings. The van der Waals surface area contributed by atoms with Crippen molar-refractivity contribution >= 4 is 29.1 Å². The van der Waals surface area contributed by atoms with Crippen LogP contribution < -0.4 is 20.4 Å². The number of halogens is 3. The number of carbonyl (C=O) groups is 1. The van der Waals surface area contributed by atoms with Crippen LogP contribution in [0.4, 0.5) is 30.5 Å². The number of carbonyl (C=O) groups excluding carboxylic acids is 1. The van der Waals surface area contributed by atoms with Crippen LogP contribution in [0.15, 0.2) is 30.6 Å². The molecule has 3 heterocycles. The molecule has 0 saturated carbocycles. The van der Waals surface area contributed by atoms with Gasteiger partial charge in [0.05, 0.1) is 30.3 Å². The van der Waals surface area contributed by atoms with E-state index in [-0.39, 0.29) is 43.9 Å². The highest BCUT2D eigenvalue weighted by molar-refractivity contribution is 5.94. The molecular weight excluding hydrogens is 451 g/mol. The Kier molecular flexibility index (Phi) is 6.75. The van der Waals surface area contributed by atoms with Gasteiger partial charge in [-0.3, -0.25) is 10.2 Å². The molecule has 1 aromatic carbocycles. The van der Waals surface area contributed by atoms with Crippen LogP contribution in [0.3, 0.4) is 0 Å². The number of esters is 1. The van der Waals surface area contributed by atoms with Crippen molar-refractivity contribution in [2.45, 2.75) is 25.4 Å². The largest absolute Gasteiger partial charge is 0.460 e. The first kappa shape index (κ1) is 23.6. The van der Waals surface area contributed by atoms with E-state index in [1.807, 2.05) is 4.90 Å². The van der Waals surface area contributed by atoms with Gasteiger partial charge < -0.3 is 25.2 Å². The maximum Gasteiger partial charge on any atom is 0.313 e. The Labute approximate surface area is 194 Å². The molecule has 34 heavy (non-hydrogen) atoms. The van der Waals surface area contributed by atoms with Crippen LogP contribution in [0, 0.1) is 11.2 Å². The van der Waals surface area contributed by atoms with Gasteiger partial charge in [0.2, 0.25) is 5.95 Å². The Balaban J connectivity index is 1.34. The first-order chi connectivity index (χ1) is 16.2. The molecule has 2 aliphatic heterocycles. The van der Waals surface area contributed by atoms with Crippen molar-refractivity contribution in [2.24, 2.45) is 5.73 Å². The molecule has 0 amide bonds. The Hall–Kier alpha value is -3.57. The van der Waals surface area contributed by atoms with E-state index in [4.69, 9.17) is 15.9 Å². The standard InChI is InChI=1S/C22H26F3N7O2/c23-20-15(13-34-19(33)10-18(26)27)2-1-3-17(20)31-8-6-30(7-9-31)16-11-28-21(29-12-16)32-5-4-22(24,25)14-32/h1-3,11-12H,4-10,13-14H2,(H3,26,27). The molecule has 0 unspecified atom stereocenters. The molecule has 0 spiro atoms. The van der Waals surface area contributed by atoms with Gasteiger partial charge in [-0.1, -0.05) is 12.1 Å². The minimum absolute atomic E-state index is 0.196. The van der Waals surface area contributed by atoms with Gasteiger partial charge in [-0.15, -0.1) is 0 Å². The van der Waals surface area contributed by atoms with Crippen molar-refractivity contribution < 1.29 is 22.7 Å². The zero-order valence-electron chi connectivity index (χ0n) is 18.5. The summed E-state index contributed by atoms with van der Waals surface area (Å²) in [5, 5.41) is 7.12. The van der Waals surface area contributed by atoms with Gasteiger partial charge in [0.25, 0.3) is 5.92 Å². The average molecular weight is 477 g/mol. The topological polar surface area (TPSA) is 112 Å². The van der Waals surface area contributed by atoms with Crippen LogP contribution in [0.2, 0.25) is 0 Å². The van der Waals surface area contributed by atoms with Gasteiger partial charge in [0, 0.05) is 44.7 Å². The first-order valence-corrected chi connectivity index (χ1v) is 10.9. The molecule has 182 valence electrons. The predicted octanol–water partition coefficient (Wildman–Crippen LogP) is 2.16. The van der Waals surface area contributed by atoms with Crippen molar-refractivity contribution in [1.29, 1.82) is 5.41 Å². The molecule has 0 radical (unpaired) electrons. The number of piperazine rings is 1. The number of aromatic nitrogens is 2. The molecule has 9 nitrogen and oxygen atoms in total. The zero-order valence-corrected chi connectivity index (χ0v) is 18.5. The molecular formula is C22H26F3N7O2. The first-order valence-electron chi connectivity index (χ1n) is 10.9. The van der Waals surface area contributed by atoms with E-state index in [0.717, 1.165) is 5.69 Å². The summed E-state index contributed by atoms with van der Waals surface area (Å²) in [5.74, 6) is -3.86. The van der Waals surface area contributed by atoms with E-state index in [9.17, 15) is 13.6 Å². The number of amidine groups is 1. The molecule has 4 rings (SSSR count). The number of nitrogens with two attached hydrogens (primary N) is 1. The number of benzene rings is 1. The fourth-order valence-corrected chi connectivity index (χ4v) is 4.04. The minimum Gasteiger partial charge on any atom is -0.460 e. The number of nitrogens with zero attached hydrogens (tertiary/aromatic N) is 5. The lowest BCUT2D eigenvalue weighted by Gasteiger charge is -2.37. The van der Waals surface area contributed by atoms with Gasteiger partial charge in [-0.05, 0) is 6.07 Å².